The van der Waals surface area contributed by atoms with E-state index in [0.29, 0.717) is 0 Å². The van der Waals surface area contributed by atoms with E-state index in [4.69, 9.17) is 24.4 Å². The molecule has 0 aromatic carbocycles. The summed E-state index contributed by atoms with van der Waals surface area (Å²) < 4.78 is 0.237. The zero-order chi connectivity index (χ0) is 22.6. The second-order valence-electron chi connectivity index (χ2n) is 8.14. The van der Waals surface area contributed by atoms with Crippen molar-refractivity contribution in [1.82, 2.24) is 20.0 Å². The molecule has 4 aliphatic heterocycles. The maximum Gasteiger partial charge on any atom is 0.258 e. The van der Waals surface area contributed by atoms with Gasteiger partial charge >= 0.3 is 0 Å². The molecule has 0 spiro atoms. The molecule has 3 aliphatic carbocycles. The van der Waals surface area contributed by atoms with Crippen molar-refractivity contribution >= 4 is 92.0 Å². The first-order chi connectivity index (χ1) is 15.2. The van der Waals surface area contributed by atoms with Crippen LogP contribution in [-0.2, 0) is 28.8 Å². The number of thiocarbonyl (C=S) groups is 2. The average molecular weight is 509 g/mol. The molecule has 14 heteroatoms. The number of hydrogen-bond donors (Lipinski definition) is 0. The summed E-state index contributed by atoms with van der Waals surface area (Å²) in [4.78, 5) is 78.0. The highest BCUT2D eigenvalue weighted by Crippen LogP contribution is 2.58. The maximum atomic E-state index is 13.3. The first-order valence-corrected chi connectivity index (χ1v) is 12.5. The maximum absolute atomic E-state index is 13.3. The molecule has 4 unspecified atom stereocenters. The number of carbonyl (C=O) groups is 6. The van der Waals surface area contributed by atoms with Crippen molar-refractivity contribution < 1.29 is 28.8 Å². The minimum absolute atomic E-state index is 0.0370. The number of thioether (sulfide) groups is 2. The molecule has 7 aliphatic rings. The Balaban J connectivity index is 1.39. The van der Waals surface area contributed by atoms with Gasteiger partial charge in [-0.3, -0.25) is 28.8 Å². The lowest BCUT2D eigenvalue weighted by Crippen LogP contribution is -2.50. The molecule has 0 N–H and O–H groups in total. The van der Waals surface area contributed by atoms with Crippen molar-refractivity contribution in [3.63, 3.8) is 0 Å². The van der Waals surface area contributed by atoms with Crippen LogP contribution in [0, 0.1) is 35.5 Å². The molecule has 164 valence electrons. The summed E-state index contributed by atoms with van der Waals surface area (Å²) >= 11 is 12.4. The molecular weight excluding hydrogens is 496 g/mol. The summed E-state index contributed by atoms with van der Waals surface area (Å²) in [7, 11) is 0. The Hall–Kier alpha value is -2.16. The Morgan fingerprint density at radius 3 is 1.16 bits per heavy atom. The van der Waals surface area contributed by atoms with Gasteiger partial charge in [0.15, 0.2) is 8.64 Å². The second-order valence-corrected chi connectivity index (χ2v) is 11.4. The molecule has 1 saturated carbocycles. The Bertz CT molecular complexity index is 977. The van der Waals surface area contributed by atoms with Gasteiger partial charge in [-0.2, -0.15) is 20.0 Å². The Morgan fingerprint density at radius 2 is 0.906 bits per heavy atom. The number of hydrogen-bond acceptors (Lipinski definition) is 10. The van der Waals surface area contributed by atoms with E-state index < -0.39 is 71.0 Å². The first kappa shape index (κ1) is 20.4. The van der Waals surface area contributed by atoms with Gasteiger partial charge in [0.2, 0.25) is 0 Å². The summed E-state index contributed by atoms with van der Waals surface area (Å²) in [6.45, 7) is 0. The summed E-state index contributed by atoms with van der Waals surface area (Å²) in [6.07, 6.45) is 3.40. The third-order valence-electron chi connectivity index (χ3n) is 6.82. The van der Waals surface area contributed by atoms with Crippen LogP contribution in [0.5, 0.6) is 0 Å². The lowest BCUT2D eigenvalue weighted by molar-refractivity contribution is -0.160. The topological polar surface area (TPSA) is 115 Å². The van der Waals surface area contributed by atoms with Crippen molar-refractivity contribution in [2.45, 2.75) is 0 Å². The molecule has 0 radical (unpaired) electrons. The van der Waals surface area contributed by atoms with Gasteiger partial charge in [0.25, 0.3) is 35.4 Å². The summed E-state index contributed by atoms with van der Waals surface area (Å²) in [5, 5.41) is 3.48. The molecule has 4 atom stereocenters. The Labute approximate surface area is 199 Å². The van der Waals surface area contributed by atoms with Crippen LogP contribution in [-0.4, -0.2) is 75.6 Å². The minimum Gasteiger partial charge on any atom is -0.272 e. The van der Waals surface area contributed by atoms with Crippen LogP contribution >= 0.6 is 48.0 Å². The lowest BCUT2D eigenvalue weighted by Gasteiger charge is -2.44. The van der Waals surface area contributed by atoms with E-state index in [1.165, 1.54) is 0 Å². The van der Waals surface area contributed by atoms with Crippen LogP contribution in [0.25, 0.3) is 0 Å². The summed E-state index contributed by atoms with van der Waals surface area (Å²) in [5.74, 6) is -8.20. The zero-order valence-corrected chi connectivity index (χ0v) is 19.2. The van der Waals surface area contributed by atoms with Gasteiger partial charge in [0.05, 0.1) is 35.2 Å². The number of amides is 6. The third kappa shape index (κ3) is 2.33. The average Bonchev–Trinajstić information content (AvgIpc) is 3.44. The molecule has 4 saturated heterocycles. The largest absolute Gasteiger partial charge is 0.272 e. The molecule has 5 fully saturated rings. The van der Waals surface area contributed by atoms with E-state index in [1.54, 1.807) is 12.2 Å². The van der Waals surface area contributed by atoms with Crippen molar-refractivity contribution in [3.05, 3.63) is 12.2 Å². The van der Waals surface area contributed by atoms with Gasteiger partial charge in [0, 0.05) is 11.8 Å². The van der Waals surface area contributed by atoms with E-state index in [2.05, 4.69) is 0 Å². The van der Waals surface area contributed by atoms with E-state index in [0.717, 1.165) is 43.6 Å². The van der Waals surface area contributed by atoms with Crippen molar-refractivity contribution in [2.75, 3.05) is 11.5 Å². The van der Waals surface area contributed by atoms with Gasteiger partial charge in [-0.25, -0.2) is 0 Å². The standard InChI is InChI=1S/C18H12N4O6S4/c23-7-3-31-17(29)19(7)21-13(25)9-5-1-2-6(11(9)15(21)27)12-10(5)14(26)22(16(12)28)20-8(24)4-32-18(20)30/h1-2,5-6,9-12H,3-4H2. The Kier molecular flexibility index (Phi) is 4.27. The van der Waals surface area contributed by atoms with Crippen LogP contribution in [0.1, 0.15) is 0 Å². The zero-order valence-electron chi connectivity index (χ0n) is 15.9. The van der Waals surface area contributed by atoms with Crippen LogP contribution in [0.2, 0.25) is 0 Å². The number of carbonyl (C=O) groups excluding carboxylic acids is 6. The molecule has 7 rings (SSSR count). The fourth-order valence-electron chi connectivity index (χ4n) is 5.67. The second kappa shape index (κ2) is 6.68. The molecule has 2 bridgehead atoms. The molecule has 6 amide bonds. The SMILES string of the molecule is O=C1CSC(=S)N1N1C(=O)C2C3C=CC(C2C1=O)C1C(=O)N(N2C(=O)CSC2=S)C(=O)C31. The van der Waals surface area contributed by atoms with Crippen LogP contribution in [0.3, 0.4) is 0 Å². The number of imide groups is 2. The molecule has 32 heavy (non-hydrogen) atoms. The fourth-order valence-corrected chi connectivity index (χ4v) is 7.74. The number of rotatable bonds is 2. The van der Waals surface area contributed by atoms with Crippen molar-refractivity contribution in [1.29, 1.82) is 0 Å². The summed E-state index contributed by atoms with van der Waals surface area (Å²) in [5.41, 5.74) is 0. The molecule has 10 nitrogen and oxygen atoms in total. The summed E-state index contributed by atoms with van der Waals surface area (Å²) in [6, 6.07) is 0. The van der Waals surface area contributed by atoms with E-state index in [-0.39, 0.29) is 20.1 Å². The third-order valence-corrected chi connectivity index (χ3v) is 9.50. The van der Waals surface area contributed by atoms with E-state index >= 15 is 0 Å². The molecule has 0 aromatic heterocycles. The van der Waals surface area contributed by atoms with Crippen LogP contribution in [0.4, 0.5) is 0 Å². The monoisotopic (exact) mass is 508 g/mol. The van der Waals surface area contributed by atoms with Gasteiger partial charge in [-0.05, 0) is 0 Å². The smallest absolute Gasteiger partial charge is 0.258 e. The molecular formula is C18H12N4O6S4. The minimum atomic E-state index is -0.882. The molecule has 4 heterocycles. The van der Waals surface area contributed by atoms with Gasteiger partial charge in [0.1, 0.15) is 0 Å². The predicted molar refractivity (Wildman–Crippen MR) is 118 cm³/mol. The lowest BCUT2D eigenvalue weighted by atomic mass is 9.54. The van der Waals surface area contributed by atoms with Gasteiger partial charge < -0.3 is 0 Å². The predicted octanol–water partition coefficient (Wildman–Crippen LogP) is -0.445. The normalized spacial score (nSPS) is 38.2. The highest BCUT2D eigenvalue weighted by Gasteiger charge is 2.70. The van der Waals surface area contributed by atoms with Crippen LogP contribution < -0.4 is 0 Å². The molecule has 0 aromatic rings. The van der Waals surface area contributed by atoms with Crippen molar-refractivity contribution in [3.8, 4) is 0 Å². The highest BCUT2D eigenvalue weighted by molar-refractivity contribution is 8.24. The fraction of sp³-hybridized carbons (Fsp3) is 0.444. The highest BCUT2D eigenvalue weighted by atomic mass is 32.2. The van der Waals surface area contributed by atoms with Crippen LogP contribution in [0.15, 0.2) is 12.2 Å². The van der Waals surface area contributed by atoms with E-state index in [1.807, 2.05) is 0 Å². The van der Waals surface area contributed by atoms with Gasteiger partial charge in [-0.1, -0.05) is 60.1 Å². The van der Waals surface area contributed by atoms with Crippen molar-refractivity contribution in [2.24, 2.45) is 35.5 Å². The number of allylic oxidation sites excluding steroid dienone is 2. The van der Waals surface area contributed by atoms with E-state index in [9.17, 15) is 28.8 Å². The number of hydrazine groups is 2. The number of nitrogens with zero attached hydrogens (tertiary/aromatic N) is 4. The van der Waals surface area contributed by atoms with Gasteiger partial charge in [-0.15, -0.1) is 0 Å². The first-order valence-electron chi connectivity index (χ1n) is 9.67. The quantitative estimate of drug-likeness (QED) is 0.276. The Morgan fingerprint density at radius 1 is 0.594 bits per heavy atom.